The van der Waals surface area contributed by atoms with Gasteiger partial charge in [0.1, 0.15) is 0 Å². The van der Waals surface area contributed by atoms with Crippen molar-refractivity contribution in [2.45, 2.75) is 40.2 Å². The van der Waals surface area contributed by atoms with Crippen molar-refractivity contribution in [1.29, 1.82) is 0 Å². The fraction of sp³-hybridized carbons (Fsp3) is 0.435. The average Bonchev–Trinajstić information content (AvgIpc) is 2.67. The van der Waals surface area contributed by atoms with Gasteiger partial charge in [-0.05, 0) is 42.0 Å². The predicted molar refractivity (Wildman–Crippen MR) is 112 cm³/mol. The summed E-state index contributed by atoms with van der Waals surface area (Å²) >= 11 is 0. The lowest BCUT2D eigenvalue weighted by Crippen LogP contribution is -2.52. The Kier molecular flexibility index (Phi) is 6.04. The van der Waals surface area contributed by atoms with Crippen LogP contribution in [-0.4, -0.2) is 37.1 Å². The molecule has 1 fully saturated rings. The number of carbonyl (C=O) groups is 1. The number of nitrogens with one attached hydrogen (secondary N) is 1. The molecule has 1 aliphatic rings. The fourth-order valence-corrected chi connectivity index (χ4v) is 3.80. The van der Waals surface area contributed by atoms with Crippen molar-refractivity contribution in [2.75, 3.05) is 31.1 Å². The molecule has 0 bridgehead atoms. The first-order valence-corrected chi connectivity index (χ1v) is 9.89. The van der Waals surface area contributed by atoms with E-state index in [0.717, 1.165) is 26.2 Å². The van der Waals surface area contributed by atoms with Crippen LogP contribution in [0.25, 0.3) is 0 Å². The van der Waals surface area contributed by atoms with Crippen LogP contribution in [0.3, 0.4) is 0 Å². The minimum Gasteiger partial charge on any atom is -0.368 e. The molecule has 4 heteroatoms. The number of carbonyl (C=O) groups excluding carboxylic acids is 1. The molecule has 0 spiro atoms. The van der Waals surface area contributed by atoms with Gasteiger partial charge in [0.05, 0.1) is 0 Å². The fourth-order valence-electron chi connectivity index (χ4n) is 3.80. The number of para-hydroxylation sites is 1. The Morgan fingerprint density at radius 2 is 1.63 bits per heavy atom. The van der Waals surface area contributed by atoms with Gasteiger partial charge in [-0.1, -0.05) is 56.3 Å². The summed E-state index contributed by atoms with van der Waals surface area (Å²) in [6.45, 7) is 12.6. The highest BCUT2D eigenvalue weighted by Crippen LogP contribution is 2.31. The second kappa shape index (κ2) is 8.47. The van der Waals surface area contributed by atoms with Crippen molar-refractivity contribution in [1.82, 2.24) is 10.2 Å². The van der Waals surface area contributed by atoms with Crippen molar-refractivity contribution >= 4 is 11.7 Å². The van der Waals surface area contributed by atoms with Crippen LogP contribution in [0.5, 0.6) is 0 Å². The summed E-state index contributed by atoms with van der Waals surface area (Å²) in [5.74, 6) is 0.496. The lowest BCUT2D eigenvalue weighted by Gasteiger charge is -2.38. The van der Waals surface area contributed by atoms with E-state index in [2.05, 4.69) is 68.2 Å². The molecule has 0 unspecified atom stereocenters. The van der Waals surface area contributed by atoms with Gasteiger partial charge >= 0.3 is 6.03 Å². The Morgan fingerprint density at radius 1 is 0.963 bits per heavy atom. The number of hydrogen-bond acceptors (Lipinski definition) is 2. The molecule has 144 valence electrons. The number of urea groups is 1. The lowest BCUT2D eigenvalue weighted by atomic mass is 9.97. The minimum absolute atomic E-state index is 0.0340. The standard InChI is InChI=1S/C23H31N3O/c1-17(2)21-11-7-9-19(4)22(21)25-12-14-26(15-13-25)23(27)24-16-20-10-6-5-8-18(20)3/h5-11,17H,12-16H2,1-4H3,(H,24,27). The molecule has 1 saturated heterocycles. The molecule has 0 radical (unpaired) electrons. The zero-order chi connectivity index (χ0) is 19.4. The van der Waals surface area contributed by atoms with Gasteiger partial charge in [0, 0.05) is 38.4 Å². The van der Waals surface area contributed by atoms with Crippen LogP contribution in [-0.2, 0) is 6.54 Å². The van der Waals surface area contributed by atoms with Crippen LogP contribution < -0.4 is 10.2 Å². The van der Waals surface area contributed by atoms with Gasteiger partial charge in [-0.25, -0.2) is 4.79 Å². The molecule has 0 atom stereocenters. The van der Waals surface area contributed by atoms with Crippen LogP contribution in [0.4, 0.5) is 10.5 Å². The molecule has 1 heterocycles. The van der Waals surface area contributed by atoms with Crippen molar-refractivity contribution < 1.29 is 4.79 Å². The summed E-state index contributed by atoms with van der Waals surface area (Å²) in [4.78, 5) is 16.9. The monoisotopic (exact) mass is 365 g/mol. The van der Waals surface area contributed by atoms with E-state index in [0.29, 0.717) is 12.5 Å². The maximum absolute atomic E-state index is 12.6. The molecule has 2 aromatic carbocycles. The zero-order valence-corrected chi connectivity index (χ0v) is 17.0. The largest absolute Gasteiger partial charge is 0.368 e. The third-order valence-electron chi connectivity index (χ3n) is 5.47. The first-order valence-electron chi connectivity index (χ1n) is 9.89. The Hall–Kier alpha value is -2.49. The second-order valence-electron chi connectivity index (χ2n) is 7.73. The predicted octanol–water partition coefficient (Wildman–Crippen LogP) is 4.46. The van der Waals surface area contributed by atoms with Crippen LogP contribution in [0.2, 0.25) is 0 Å². The summed E-state index contributed by atoms with van der Waals surface area (Å²) in [6.07, 6.45) is 0. The van der Waals surface area contributed by atoms with Gasteiger partial charge in [0.2, 0.25) is 0 Å². The number of rotatable bonds is 4. The van der Waals surface area contributed by atoms with Gasteiger partial charge in [0.25, 0.3) is 0 Å². The highest BCUT2D eigenvalue weighted by molar-refractivity contribution is 5.74. The number of benzene rings is 2. The Morgan fingerprint density at radius 3 is 2.30 bits per heavy atom. The number of nitrogens with zero attached hydrogens (tertiary/aromatic N) is 2. The maximum atomic E-state index is 12.6. The Labute approximate surface area is 163 Å². The van der Waals surface area contributed by atoms with E-state index >= 15 is 0 Å². The summed E-state index contributed by atoms with van der Waals surface area (Å²) in [7, 11) is 0. The molecular weight excluding hydrogens is 334 g/mol. The van der Waals surface area contributed by atoms with E-state index in [4.69, 9.17) is 0 Å². The first-order chi connectivity index (χ1) is 13.0. The second-order valence-corrected chi connectivity index (χ2v) is 7.73. The first kappa shape index (κ1) is 19.3. The van der Waals surface area contributed by atoms with E-state index < -0.39 is 0 Å². The summed E-state index contributed by atoms with van der Waals surface area (Å²) in [5, 5.41) is 3.07. The molecule has 4 nitrogen and oxygen atoms in total. The van der Waals surface area contributed by atoms with Crippen molar-refractivity contribution in [3.63, 3.8) is 0 Å². The molecular formula is C23H31N3O. The lowest BCUT2D eigenvalue weighted by molar-refractivity contribution is 0.194. The highest BCUT2D eigenvalue weighted by Gasteiger charge is 2.24. The van der Waals surface area contributed by atoms with E-state index in [1.54, 1.807) is 0 Å². The summed E-state index contributed by atoms with van der Waals surface area (Å²) in [6, 6.07) is 14.8. The van der Waals surface area contributed by atoms with Crippen molar-refractivity contribution in [3.8, 4) is 0 Å². The molecule has 0 aliphatic carbocycles. The van der Waals surface area contributed by atoms with Crippen LogP contribution in [0.1, 0.15) is 42.0 Å². The van der Waals surface area contributed by atoms with Gasteiger partial charge in [-0.3, -0.25) is 0 Å². The smallest absolute Gasteiger partial charge is 0.317 e. The van der Waals surface area contributed by atoms with E-state index in [1.807, 2.05) is 17.0 Å². The Bertz CT molecular complexity index is 792. The number of piperazine rings is 1. The van der Waals surface area contributed by atoms with Gasteiger partial charge in [0.15, 0.2) is 0 Å². The zero-order valence-electron chi connectivity index (χ0n) is 17.0. The molecule has 3 rings (SSSR count). The van der Waals surface area contributed by atoms with E-state index in [9.17, 15) is 4.79 Å². The van der Waals surface area contributed by atoms with Crippen molar-refractivity contribution in [2.24, 2.45) is 0 Å². The van der Waals surface area contributed by atoms with E-state index in [-0.39, 0.29) is 6.03 Å². The molecule has 2 amide bonds. The van der Waals surface area contributed by atoms with Crippen molar-refractivity contribution in [3.05, 3.63) is 64.7 Å². The highest BCUT2D eigenvalue weighted by atomic mass is 16.2. The average molecular weight is 366 g/mol. The molecule has 0 aromatic heterocycles. The quantitative estimate of drug-likeness (QED) is 0.868. The SMILES string of the molecule is Cc1ccccc1CNC(=O)N1CCN(c2c(C)cccc2C(C)C)CC1. The molecule has 1 N–H and O–H groups in total. The van der Waals surface area contributed by atoms with Crippen LogP contribution >= 0.6 is 0 Å². The van der Waals surface area contributed by atoms with Crippen LogP contribution in [0, 0.1) is 13.8 Å². The van der Waals surface area contributed by atoms with Gasteiger partial charge in [-0.2, -0.15) is 0 Å². The third-order valence-corrected chi connectivity index (χ3v) is 5.47. The molecule has 27 heavy (non-hydrogen) atoms. The summed E-state index contributed by atoms with van der Waals surface area (Å²) < 4.78 is 0. The normalized spacial score (nSPS) is 14.6. The maximum Gasteiger partial charge on any atom is 0.317 e. The van der Waals surface area contributed by atoms with E-state index in [1.165, 1.54) is 27.9 Å². The molecule has 0 saturated carbocycles. The topological polar surface area (TPSA) is 35.6 Å². The number of amides is 2. The third kappa shape index (κ3) is 4.44. The van der Waals surface area contributed by atoms with Gasteiger partial charge < -0.3 is 15.1 Å². The minimum atomic E-state index is 0.0340. The van der Waals surface area contributed by atoms with Gasteiger partial charge in [-0.15, -0.1) is 0 Å². The van der Waals surface area contributed by atoms with Crippen LogP contribution in [0.15, 0.2) is 42.5 Å². The molecule has 2 aromatic rings. The number of anilines is 1. The molecule has 1 aliphatic heterocycles. The summed E-state index contributed by atoms with van der Waals surface area (Å²) in [5.41, 5.74) is 6.45. The number of hydrogen-bond donors (Lipinski definition) is 1. The number of aryl methyl sites for hydroxylation is 2. The Balaban J connectivity index is 1.59.